The molecule has 5 heteroatoms. The third-order valence-electron chi connectivity index (χ3n) is 1.98. The Labute approximate surface area is 87.6 Å². The van der Waals surface area contributed by atoms with Gasteiger partial charge in [0, 0.05) is 13.7 Å². The highest BCUT2D eigenvalue weighted by Gasteiger charge is 2.28. The predicted molar refractivity (Wildman–Crippen MR) is 61.5 cm³/mol. The molecule has 0 heterocycles. The number of hydrogen-bond donors (Lipinski definition) is 2. The lowest BCUT2D eigenvalue weighted by atomic mass is 10.5. The first kappa shape index (κ1) is 13.4. The monoisotopic (exact) mass is 223 g/mol. The van der Waals surface area contributed by atoms with Crippen LogP contribution in [0.5, 0.6) is 0 Å². The Balaban J connectivity index is 3.67. The molecule has 0 aliphatic rings. The zero-order chi connectivity index (χ0) is 10.2. The summed E-state index contributed by atoms with van der Waals surface area (Å²) in [5, 5.41) is 0. The maximum Gasteiger partial charge on any atom is 0.334 e. The summed E-state index contributed by atoms with van der Waals surface area (Å²) >= 11 is 4.17. The molecule has 1 atom stereocenters. The summed E-state index contributed by atoms with van der Waals surface area (Å²) in [4.78, 5) is 0. The van der Waals surface area contributed by atoms with Gasteiger partial charge < -0.3 is 14.6 Å². The van der Waals surface area contributed by atoms with Crippen molar-refractivity contribution in [3.05, 3.63) is 0 Å². The van der Waals surface area contributed by atoms with Crippen LogP contribution in [0.3, 0.4) is 0 Å². The minimum atomic E-state index is -1.89. The molecule has 0 bridgehead atoms. The van der Waals surface area contributed by atoms with Gasteiger partial charge >= 0.3 is 8.56 Å². The molecule has 2 N–H and O–H groups in total. The van der Waals surface area contributed by atoms with Crippen molar-refractivity contribution in [2.24, 2.45) is 5.73 Å². The molecule has 3 nitrogen and oxygen atoms in total. The fraction of sp³-hybridized carbons (Fsp3) is 1.00. The number of hydrogen-bond acceptors (Lipinski definition) is 4. The van der Waals surface area contributed by atoms with Crippen LogP contribution in [-0.2, 0) is 8.85 Å². The second kappa shape index (κ2) is 7.81. The Hall–Kier alpha value is 0.447. The van der Waals surface area contributed by atoms with E-state index in [0.29, 0.717) is 6.54 Å². The van der Waals surface area contributed by atoms with Crippen LogP contribution in [0.4, 0.5) is 0 Å². The van der Waals surface area contributed by atoms with Gasteiger partial charge in [-0.3, -0.25) is 0 Å². The van der Waals surface area contributed by atoms with Gasteiger partial charge in [-0.1, -0.05) is 0 Å². The van der Waals surface area contributed by atoms with E-state index >= 15 is 0 Å². The molecule has 0 fully saturated rings. The van der Waals surface area contributed by atoms with E-state index in [1.165, 1.54) is 0 Å². The van der Waals surface area contributed by atoms with Crippen molar-refractivity contribution in [1.29, 1.82) is 0 Å². The molecule has 0 radical (unpaired) electrons. The Morgan fingerprint density at radius 3 is 2.54 bits per heavy atom. The van der Waals surface area contributed by atoms with E-state index in [2.05, 4.69) is 19.2 Å². The number of rotatable bonds is 8. The van der Waals surface area contributed by atoms with Gasteiger partial charge in [-0.2, -0.15) is 12.6 Å². The van der Waals surface area contributed by atoms with Crippen LogP contribution in [0.2, 0.25) is 12.6 Å². The van der Waals surface area contributed by atoms with Gasteiger partial charge in [0.15, 0.2) is 0 Å². The molecule has 0 saturated carbocycles. The topological polar surface area (TPSA) is 44.5 Å². The van der Waals surface area contributed by atoms with Crippen LogP contribution in [-0.4, -0.2) is 34.6 Å². The van der Waals surface area contributed by atoms with Crippen molar-refractivity contribution in [3.8, 4) is 0 Å². The van der Waals surface area contributed by atoms with E-state index in [9.17, 15) is 0 Å². The van der Waals surface area contributed by atoms with Gasteiger partial charge in [-0.15, -0.1) is 0 Å². The number of nitrogens with two attached hydrogens (primary N) is 1. The predicted octanol–water partition coefficient (Wildman–Crippen LogP) is 1.39. The van der Waals surface area contributed by atoms with Crippen molar-refractivity contribution in [2.45, 2.75) is 25.4 Å². The van der Waals surface area contributed by atoms with Crippen molar-refractivity contribution < 1.29 is 8.85 Å². The van der Waals surface area contributed by atoms with Crippen molar-refractivity contribution in [2.75, 3.05) is 26.0 Å². The molecule has 0 aliphatic heterocycles. The molecule has 13 heavy (non-hydrogen) atoms. The molecule has 0 amide bonds. The zero-order valence-corrected chi connectivity index (χ0v) is 10.5. The Bertz CT molecular complexity index is 129. The maximum absolute atomic E-state index is 5.72. The average molecular weight is 223 g/mol. The van der Waals surface area contributed by atoms with Gasteiger partial charge in [0.2, 0.25) is 0 Å². The van der Waals surface area contributed by atoms with Crippen molar-refractivity contribution in [3.63, 3.8) is 0 Å². The molecule has 0 saturated heterocycles. The first-order chi connectivity index (χ1) is 6.18. The third kappa shape index (κ3) is 6.51. The second-order valence-electron chi connectivity index (χ2n) is 3.16. The molecule has 0 aromatic rings. The lowest BCUT2D eigenvalue weighted by molar-refractivity contribution is 0.203. The summed E-state index contributed by atoms with van der Waals surface area (Å²) in [5.41, 5.74) is 5.38. The summed E-state index contributed by atoms with van der Waals surface area (Å²) in [6, 6.07) is 1.01. The van der Waals surface area contributed by atoms with Crippen molar-refractivity contribution in [1.82, 2.24) is 0 Å². The Morgan fingerprint density at radius 2 is 2.08 bits per heavy atom. The minimum Gasteiger partial charge on any atom is -0.398 e. The maximum atomic E-state index is 5.72. The standard InChI is InChI=1S/C8H21NO2SSi/c1-10-13(2,8-4-7-12)11-6-3-5-9/h12H,3-9H2,1-2H3. The van der Waals surface area contributed by atoms with Crippen LogP contribution >= 0.6 is 12.6 Å². The molecular weight excluding hydrogens is 202 g/mol. The average Bonchev–Trinajstić information content (AvgIpc) is 2.15. The summed E-state index contributed by atoms with van der Waals surface area (Å²) < 4.78 is 11.2. The van der Waals surface area contributed by atoms with Gasteiger partial charge in [0.25, 0.3) is 0 Å². The van der Waals surface area contributed by atoms with E-state index in [4.69, 9.17) is 14.6 Å². The molecular formula is C8H21NO2SSi. The molecule has 0 aromatic heterocycles. The summed E-state index contributed by atoms with van der Waals surface area (Å²) in [7, 11) is -0.157. The lowest BCUT2D eigenvalue weighted by Gasteiger charge is -2.24. The van der Waals surface area contributed by atoms with Gasteiger partial charge in [-0.05, 0) is 37.7 Å². The highest BCUT2D eigenvalue weighted by Crippen LogP contribution is 2.15. The first-order valence-corrected chi connectivity index (χ1v) is 7.84. The van der Waals surface area contributed by atoms with E-state index in [1.54, 1.807) is 7.11 Å². The van der Waals surface area contributed by atoms with Gasteiger partial charge in [0.05, 0.1) is 0 Å². The number of thiol groups is 1. The van der Waals surface area contributed by atoms with Crippen LogP contribution in [0, 0.1) is 0 Å². The van der Waals surface area contributed by atoms with Crippen molar-refractivity contribution >= 4 is 21.2 Å². The fourth-order valence-electron chi connectivity index (χ4n) is 1.00. The summed E-state index contributed by atoms with van der Waals surface area (Å²) in [6.45, 7) is 3.49. The third-order valence-corrected chi connectivity index (χ3v) is 5.23. The molecule has 1 unspecified atom stereocenters. The smallest absolute Gasteiger partial charge is 0.334 e. The molecule has 0 spiro atoms. The minimum absolute atomic E-state index is 0.681. The van der Waals surface area contributed by atoms with E-state index < -0.39 is 8.56 Å². The van der Waals surface area contributed by atoms with E-state index in [-0.39, 0.29) is 0 Å². The van der Waals surface area contributed by atoms with Crippen LogP contribution in [0.15, 0.2) is 0 Å². The molecule has 0 aromatic carbocycles. The van der Waals surface area contributed by atoms with E-state index in [0.717, 1.165) is 31.2 Å². The zero-order valence-electron chi connectivity index (χ0n) is 8.58. The van der Waals surface area contributed by atoms with E-state index in [1.807, 2.05) is 0 Å². The fourth-order valence-corrected chi connectivity index (χ4v) is 3.32. The molecule has 80 valence electrons. The van der Waals surface area contributed by atoms with Crippen LogP contribution < -0.4 is 5.73 Å². The normalized spacial score (nSPS) is 15.7. The Kier molecular flexibility index (Phi) is 8.08. The second-order valence-corrected chi connectivity index (χ2v) is 7.07. The summed E-state index contributed by atoms with van der Waals surface area (Å²) in [6.07, 6.45) is 1.97. The van der Waals surface area contributed by atoms with Crippen LogP contribution in [0.25, 0.3) is 0 Å². The largest absolute Gasteiger partial charge is 0.398 e. The molecule has 0 rings (SSSR count). The first-order valence-electron chi connectivity index (χ1n) is 4.68. The molecule has 0 aliphatic carbocycles. The summed E-state index contributed by atoms with van der Waals surface area (Å²) in [5.74, 6) is 0.895. The SMILES string of the molecule is CO[Si](C)(CCCS)OCCCN. The quantitative estimate of drug-likeness (QED) is 0.371. The highest BCUT2D eigenvalue weighted by molar-refractivity contribution is 7.80. The van der Waals surface area contributed by atoms with Crippen LogP contribution in [0.1, 0.15) is 12.8 Å². The Morgan fingerprint density at radius 1 is 1.38 bits per heavy atom. The highest BCUT2D eigenvalue weighted by atomic mass is 32.1. The van der Waals surface area contributed by atoms with Gasteiger partial charge in [0.1, 0.15) is 0 Å². The van der Waals surface area contributed by atoms with Gasteiger partial charge in [-0.25, -0.2) is 0 Å². The lowest BCUT2D eigenvalue weighted by Crippen LogP contribution is -2.38.